The molecule has 0 saturated heterocycles. The van der Waals surface area contributed by atoms with Gasteiger partial charge in [0.15, 0.2) is 0 Å². The van der Waals surface area contributed by atoms with Crippen LogP contribution in [0.15, 0.2) is 24.3 Å². The minimum absolute atomic E-state index is 0.0833. The van der Waals surface area contributed by atoms with E-state index in [9.17, 15) is 0 Å². The minimum atomic E-state index is 0.0833. The molecule has 0 aliphatic heterocycles. The van der Waals surface area contributed by atoms with Crippen molar-refractivity contribution in [2.75, 3.05) is 0 Å². The SMILES string of the molecule is C[C]1([Fe])C=CC=C1.[C]=O.[C]=O.[C]=O. The van der Waals surface area contributed by atoms with E-state index in [1.807, 2.05) is 12.2 Å². The summed E-state index contributed by atoms with van der Waals surface area (Å²) in [5.74, 6) is 0. The Morgan fingerprint density at radius 2 is 1.15 bits per heavy atom. The first-order chi connectivity index (χ1) is 6.21. The Kier molecular flexibility index (Phi) is 18.7. The van der Waals surface area contributed by atoms with E-state index in [0.29, 0.717) is 0 Å². The summed E-state index contributed by atoms with van der Waals surface area (Å²) in [5.41, 5.74) is 0. The summed E-state index contributed by atoms with van der Waals surface area (Å²) in [6.07, 6.45) is 8.19. The van der Waals surface area contributed by atoms with E-state index in [1.54, 1.807) is 0 Å². The molecular weight excluding hydrogens is 212 g/mol. The number of rotatable bonds is 0. The van der Waals surface area contributed by atoms with Gasteiger partial charge in [0, 0.05) is 0 Å². The van der Waals surface area contributed by atoms with Gasteiger partial charge in [-0.15, -0.1) is 0 Å². The van der Waals surface area contributed by atoms with Gasteiger partial charge in [-0.05, 0) is 0 Å². The quantitative estimate of drug-likeness (QED) is 0.562. The maximum atomic E-state index is 7.50. The molecule has 0 fully saturated rings. The average molecular weight is 219 g/mol. The van der Waals surface area contributed by atoms with Crippen LogP contribution in [-0.4, -0.2) is 20.4 Å². The van der Waals surface area contributed by atoms with Crippen molar-refractivity contribution in [3.63, 3.8) is 0 Å². The Labute approximate surface area is 86.7 Å². The molecule has 13 heavy (non-hydrogen) atoms. The predicted molar refractivity (Wildman–Crippen MR) is 43.7 cm³/mol. The zero-order valence-electron chi connectivity index (χ0n) is 6.89. The monoisotopic (exact) mass is 219 g/mol. The van der Waals surface area contributed by atoms with Crippen LogP contribution in [0.4, 0.5) is 0 Å². The van der Waals surface area contributed by atoms with Gasteiger partial charge >= 0.3 is 51.6 Å². The Hall–Kier alpha value is -0.991. The van der Waals surface area contributed by atoms with Crippen LogP contribution >= 0.6 is 0 Å². The number of hydrogen-bond acceptors (Lipinski definition) is 3. The molecule has 0 atom stereocenters. The summed E-state index contributed by atoms with van der Waals surface area (Å²) >= 11 is 3.90. The van der Waals surface area contributed by atoms with Crippen molar-refractivity contribution in [2.45, 2.75) is 11.2 Å². The summed E-state index contributed by atoms with van der Waals surface area (Å²) < 4.78 is 0.0833. The van der Waals surface area contributed by atoms with Crippen molar-refractivity contribution in [3.8, 4) is 0 Å². The zero-order valence-corrected chi connectivity index (χ0v) is 7.99. The van der Waals surface area contributed by atoms with Crippen LogP contribution in [0.3, 0.4) is 0 Å². The molecule has 0 aromatic heterocycles. The molecule has 0 saturated carbocycles. The van der Waals surface area contributed by atoms with Crippen molar-refractivity contribution in [2.24, 2.45) is 0 Å². The van der Waals surface area contributed by atoms with E-state index in [1.165, 1.54) is 0 Å². The third kappa shape index (κ3) is 13.9. The Bertz CT molecular complexity index is 145. The second kappa shape index (κ2) is 13.6. The van der Waals surface area contributed by atoms with Gasteiger partial charge in [-0.1, -0.05) is 0 Å². The normalized spacial score (nSPS) is 13.7. The largest absolute Gasteiger partial charge is 0.281 e. The topological polar surface area (TPSA) is 51.2 Å². The van der Waals surface area contributed by atoms with Crippen molar-refractivity contribution in [3.05, 3.63) is 24.3 Å². The van der Waals surface area contributed by atoms with E-state index in [2.05, 4.69) is 55.5 Å². The van der Waals surface area contributed by atoms with Gasteiger partial charge in [-0.25, -0.2) is 0 Å². The second-order valence-electron chi connectivity index (χ2n) is 1.84. The first-order valence-electron chi connectivity index (χ1n) is 2.87. The number of hydrogen-bond donors (Lipinski definition) is 0. The van der Waals surface area contributed by atoms with Crippen molar-refractivity contribution >= 4 is 20.4 Å². The maximum absolute atomic E-state index is 7.50. The van der Waals surface area contributed by atoms with Crippen LogP contribution in [0, 0.1) is 0 Å². The second-order valence-corrected chi connectivity index (χ2v) is 3.03. The molecule has 3 nitrogen and oxygen atoms in total. The van der Waals surface area contributed by atoms with Crippen molar-refractivity contribution < 1.29 is 30.4 Å². The first kappa shape index (κ1) is 17.9. The minimum Gasteiger partial charge on any atom is -0.281 e. The maximum Gasteiger partial charge on any atom is 0.281 e. The van der Waals surface area contributed by atoms with Gasteiger partial charge in [0.2, 0.25) is 0 Å². The Balaban J connectivity index is -0.000000144. The Morgan fingerprint density at radius 3 is 1.23 bits per heavy atom. The summed E-state index contributed by atoms with van der Waals surface area (Å²) in [7, 11) is 0. The molecule has 1 aliphatic rings. The molecule has 0 aromatic rings. The van der Waals surface area contributed by atoms with Crippen LogP contribution in [0.5, 0.6) is 0 Å². The third-order valence-electron chi connectivity index (χ3n) is 0.947. The van der Waals surface area contributed by atoms with Gasteiger partial charge in [0.05, 0.1) is 0 Å². The molecule has 0 heterocycles. The molecule has 0 aromatic carbocycles. The fourth-order valence-electron chi connectivity index (χ4n) is 0.538. The molecule has 0 bridgehead atoms. The fraction of sp³-hybridized carbons (Fsp3) is 0.222. The summed E-state index contributed by atoms with van der Waals surface area (Å²) in [6.45, 7) is 15.6. The van der Waals surface area contributed by atoms with Crippen LogP contribution in [0.25, 0.3) is 0 Å². The Morgan fingerprint density at radius 1 is 0.923 bits per heavy atom. The average Bonchev–Trinajstić information content (AvgIpc) is 2.60. The standard InChI is InChI=1S/C6H7.3CO.Fe/c1-6-4-2-3-5-6;3*1-2;/h2-5H,1H3;;;;. The van der Waals surface area contributed by atoms with E-state index < -0.39 is 0 Å². The number of allylic oxidation sites excluding steroid dienone is 4. The molecule has 0 amide bonds. The summed E-state index contributed by atoms with van der Waals surface area (Å²) in [6, 6.07) is 0. The third-order valence-corrected chi connectivity index (χ3v) is 1.32. The molecule has 0 N–H and O–H groups in total. The van der Waals surface area contributed by atoms with Crippen molar-refractivity contribution in [1.29, 1.82) is 0 Å². The molecule has 0 spiro atoms. The smallest absolute Gasteiger partial charge is 0.281 e. The van der Waals surface area contributed by atoms with E-state index >= 15 is 0 Å². The molecular formula is C9H7FeO3. The van der Waals surface area contributed by atoms with E-state index in [0.717, 1.165) is 0 Å². The van der Waals surface area contributed by atoms with Gasteiger partial charge in [0.25, 0.3) is 20.4 Å². The van der Waals surface area contributed by atoms with Gasteiger partial charge < -0.3 is 0 Å². The molecule has 4 heteroatoms. The van der Waals surface area contributed by atoms with E-state index in [-0.39, 0.29) is 4.31 Å². The molecule has 6 radical (unpaired) electrons. The van der Waals surface area contributed by atoms with Gasteiger partial charge in [-0.3, -0.25) is 14.4 Å². The first-order valence-corrected chi connectivity index (χ1v) is 3.42. The van der Waals surface area contributed by atoms with Crippen LogP contribution in [0.2, 0.25) is 4.31 Å². The van der Waals surface area contributed by atoms with Crippen LogP contribution in [0.1, 0.15) is 6.92 Å². The summed E-state index contributed by atoms with van der Waals surface area (Å²) in [5, 5.41) is 0. The molecule has 0 unspecified atom stereocenters. The summed E-state index contributed by atoms with van der Waals surface area (Å²) in [4.78, 5) is 22.5. The fourth-order valence-corrected chi connectivity index (χ4v) is 0.751. The zero-order chi connectivity index (χ0) is 11.3. The van der Waals surface area contributed by atoms with Gasteiger partial charge in [-0.2, -0.15) is 0 Å². The molecule has 1 rings (SSSR count). The number of carbonyl (C=O) groups excluding carboxylic acids is 3. The molecule has 69 valence electrons. The van der Waals surface area contributed by atoms with Gasteiger partial charge in [0.1, 0.15) is 0 Å². The van der Waals surface area contributed by atoms with Crippen LogP contribution in [-0.2, 0) is 30.4 Å². The van der Waals surface area contributed by atoms with Crippen molar-refractivity contribution in [1.82, 2.24) is 0 Å². The van der Waals surface area contributed by atoms with E-state index in [4.69, 9.17) is 14.4 Å². The van der Waals surface area contributed by atoms with Crippen LogP contribution < -0.4 is 0 Å². The molecule has 1 aliphatic carbocycles. The predicted octanol–water partition coefficient (Wildman–Crippen LogP) is 0.646.